The summed E-state index contributed by atoms with van der Waals surface area (Å²) in [6.07, 6.45) is 0. The van der Waals surface area contributed by atoms with Crippen LogP contribution in [0.5, 0.6) is 5.75 Å². The van der Waals surface area contributed by atoms with Gasteiger partial charge in [0.1, 0.15) is 5.67 Å². The minimum Gasteiger partial charge on any atom is -0.505 e. The Bertz CT molecular complexity index is 289. The first-order valence-corrected chi connectivity index (χ1v) is 3.59. The van der Waals surface area contributed by atoms with E-state index in [4.69, 9.17) is 5.11 Å². The summed E-state index contributed by atoms with van der Waals surface area (Å²) in [5.74, 6) is -1.25. The number of hydrogen-bond donors (Lipinski definition) is 1. The first-order valence-electron chi connectivity index (χ1n) is 3.59. The summed E-state index contributed by atoms with van der Waals surface area (Å²) < 4.78 is 25.7. The predicted octanol–water partition coefficient (Wildman–Crippen LogP) is 2.74. The van der Waals surface area contributed by atoms with Gasteiger partial charge in [0, 0.05) is 0 Å². The van der Waals surface area contributed by atoms with Crippen molar-refractivity contribution in [3.63, 3.8) is 0 Å². The summed E-state index contributed by atoms with van der Waals surface area (Å²) in [4.78, 5) is 0. The van der Waals surface area contributed by atoms with Crippen molar-refractivity contribution in [1.82, 2.24) is 0 Å². The average molecular weight is 172 g/mol. The zero-order chi connectivity index (χ0) is 9.35. The Morgan fingerprint density at radius 1 is 1.33 bits per heavy atom. The summed E-state index contributed by atoms with van der Waals surface area (Å²) >= 11 is 0. The number of halogens is 2. The van der Waals surface area contributed by atoms with Gasteiger partial charge in [-0.05, 0) is 31.5 Å². The Kier molecular flexibility index (Phi) is 2.04. The summed E-state index contributed by atoms with van der Waals surface area (Å²) in [6.45, 7) is 2.69. The third-order valence-electron chi connectivity index (χ3n) is 1.63. The van der Waals surface area contributed by atoms with E-state index in [9.17, 15) is 8.78 Å². The van der Waals surface area contributed by atoms with Gasteiger partial charge in [0.2, 0.25) is 0 Å². The monoisotopic (exact) mass is 172 g/mol. The first kappa shape index (κ1) is 8.97. The Labute approximate surface area is 69.7 Å². The second kappa shape index (κ2) is 2.73. The highest BCUT2D eigenvalue weighted by atomic mass is 19.1. The molecule has 1 aromatic carbocycles. The van der Waals surface area contributed by atoms with E-state index in [1.807, 2.05) is 0 Å². The molecule has 0 aliphatic carbocycles. The lowest BCUT2D eigenvalue weighted by molar-refractivity contribution is 0.220. The van der Waals surface area contributed by atoms with Crippen molar-refractivity contribution in [3.8, 4) is 5.75 Å². The molecule has 0 aromatic heterocycles. The minimum atomic E-state index is -1.55. The fraction of sp³-hybridized carbons (Fsp3) is 0.333. The van der Waals surface area contributed by atoms with Crippen molar-refractivity contribution in [1.29, 1.82) is 0 Å². The van der Waals surface area contributed by atoms with E-state index in [0.717, 1.165) is 12.1 Å². The maximum atomic E-state index is 13.2. The van der Waals surface area contributed by atoms with Crippen molar-refractivity contribution in [2.75, 3.05) is 0 Å². The lowest BCUT2D eigenvalue weighted by atomic mass is 10.0. The van der Waals surface area contributed by atoms with E-state index >= 15 is 0 Å². The SMILES string of the molecule is CC(C)(F)c1ccc(F)c(O)c1. The maximum absolute atomic E-state index is 13.2. The van der Waals surface area contributed by atoms with Crippen molar-refractivity contribution in [2.24, 2.45) is 0 Å². The van der Waals surface area contributed by atoms with Gasteiger partial charge in [-0.3, -0.25) is 0 Å². The van der Waals surface area contributed by atoms with Gasteiger partial charge >= 0.3 is 0 Å². The lowest BCUT2D eigenvalue weighted by Crippen LogP contribution is -2.08. The predicted molar refractivity (Wildman–Crippen MR) is 42.2 cm³/mol. The van der Waals surface area contributed by atoms with E-state index < -0.39 is 17.2 Å². The highest BCUT2D eigenvalue weighted by Gasteiger charge is 2.19. The molecule has 0 atom stereocenters. The van der Waals surface area contributed by atoms with Gasteiger partial charge in [-0.1, -0.05) is 6.07 Å². The van der Waals surface area contributed by atoms with E-state index in [2.05, 4.69) is 0 Å². The number of phenolic OH excluding ortho intramolecular Hbond substituents is 1. The molecule has 0 unspecified atom stereocenters. The molecule has 66 valence electrons. The Morgan fingerprint density at radius 2 is 1.92 bits per heavy atom. The van der Waals surface area contributed by atoms with Crippen LogP contribution < -0.4 is 0 Å². The third-order valence-corrected chi connectivity index (χ3v) is 1.63. The molecule has 0 aliphatic rings. The summed E-state index contributed by atoms with van der Waals surface area (Å²) in [6, 6.07) is 3.45. The molecule has 0 bridgehead atoms. The van der Waals surface area contributed by atoms with E-state index in [-0.39, 0.29) is 5.56 Å². The molecule has 0 aliphatic heterocycles. The van der Waals surface area contributed by atoms with E-state index in [1.165, 1.54) is 19.9 Å². The van der Waals surface area contributed by atoms with Crippen molar-refractivity contribution < 1.29 is 13.9 Å². The van der Waals surface area contributed by atoms with Crippen LogP contribution >= 0.6 is 0 Å². The minimum absolute atomic E-state index is 0.265. The van der Waals surface area contributed by atoms with Crippen molar-refractivity contribution in [2.45, 2.75) is 19.5 Å². The van der Waals surface area contributed by atoms with Crippen LogP contribution in [0.4, 0.5) is 8.78 Å². The fourth-order valence-electron chi connectivity index (χ4n) is 0.882. The Balaban J connectivity index is 3.14. The molecule has 0 saturated carbocycles. The first-order chi connectivity index (χ1) is 5.41. The van der Waals surface area contributed by atoms with Gasteiger partial charge in [-0.25, -0.2) is 8.78 Å². The topological polar surface area (TPSA) is 20.2 Å². The molecule has 3 heteroatoms. The standard InChI is InChI=1S/C9H10F2O/c1-9(2,11)6-3-4-7(10)8(12)5-6/h3-5,12H,1-2H3. The summed E-state index contributed by atoms with van der Waals surface area (Å²) in [5, 5.41) is 8.92. The molecule has 0 spiro atoms. The third kappa shape index (κ3) is 1.72. The number of hydrogen-bond acceptors (Lipinski definition) is 1. The molecule has 1 aromatic rings. The molecule has 0 heterocycles. The van der Waals surface area contributed by atoms with Crippen LogP contribution in [0, 0.1) is 5.82 Å². The molecule has 0 saturated heterocycles. The van der Waals surface area contributed by atoms with Gasteiger partial charge in [-0.2, -0.15) is 0 Å². The van der Waals surface area contributed by atoms with Gasteiger partial charge < -0.3 is 5.11 Å². The second-order valence-corrected chi connectivity index (χ2v) is 3.14. The van der Waals surface area contributed by atoms with Crippen LogP contribution in [0.1, 0.15) is 19.4 Å². The highest BCUT2D eigenvalue weighted by molar-refractivity contribution is 5.31. The van der Waals surface area contributed by atoms with Crippen LogP contribution in [-0.4, -0.2) is 5.11 Å². The maximum Gasteiger partial charge on any atom is 0.164 e. The van der Waals surface area contributed by atoms with E-state index in [0.29, 0.717) is 0 Å². The van der Waals surface area contributed by atoms with Crippen LogP contribution in [0.2, 0.25) is 0 Å². The van der Waals surface area contributed by atoms with Crippen LogP contribution in [-0.2, 0) is 5.67 Å². The average Bonchev–Trinajstić information content (AvgIpc) is 1.92. The zero-order valence-corrected chi connectivity index (χ0v) is 6.94. The number of aromatic hydroxyl groups is 1. The smallest absolute Gasteiger partial charge is 0.164 e. The van der Waals surface area contributed by atoms with Gasteiger partial charge in [0.15, 0.2) is 11.6 Å². The molecular formula is C9H10F2O. The van der Waals surface area contributed by atoms with Crippen LogP contribution in [0.15, 0.2) is 18.2 Å². The van der Waals surface area contributed by atoms with Gasteiger partial charge in [-0.15, -0.1) is 0 Å². The van der Waals surface area contributed by atoms with Crippen LogP contribution in [0.3, 0.4) is 0 Å². The molecular weight excluding hydrogens is 162 g/mol. The molecule has 0 amide bonds. The summed E-state index contributed by atoms with van der Waals surface area (Å²) in [5.41, 5.74) is -1.29. The molecule has 0 radical (unpaired) electrons. The molecule has 1 N–H and O–H groups in total. The fourth-order valence-corrected chi connectivity index (χ4v) is 0.882. The molecule has 1 rings (SSSR count). The Hall–Kier alpha value is -1.12. The molecule has 0 fully saturated rings. The lowest BCUT2D eigenvalue weighted by Gasteiger charge is -2.14. The second-order valence-electron chi connectivity index (χ2n) is 3.14. The Morgan fingerprint density at radius 3 is 2.33 bits per heavy atom. The highest BCUT2D eigenvalue weighted by Crippen LogP contribution is 2.28. The number of rotatable bonds is 1. The van der Waals surface area contributed by atoms with Crippen molar-refractivity contribution >= 4 is 0 Å². The van der Waals surface area contributed by atoms with Gasteiger partial charge in [0.05, 0.1) is 0 Å². The zero-order valence-electron chi connectivity index (χ0n) is 6.94. The van der Waals surface area contributed by atoms with Crippen molar-refractivity contribution in [3.05, 3.63) is 29.6 Å². The summed E-state index contributed by atoms with van der Waals surface area (Å²) in [7, 11) is 0. The largest absolute Gasteiger partial charge is 0.505 e. The van der Waals surface area contributed by atoms with Crippen LogP contribution in [0.25, 0.3) is 0 Å². The number of phenols is 1. The molecule has 12 heavy (non-hydrogen) atoms. The normalized spacial score (nSPS) is 11.7. The number of benzene rings is 1. The number of alkyl halides is 1. The molecule has 1 nitrogen and oxygen atoms in total. The quantitative estimate of drug-likeness (QED) is 0.690. The van der Waals surface area contributed by atoms with E-state index in [1.54, 1.807) is 0 Å². The van der Waals surface area contributed by atoms with Gasteiger partial charge in [0.25, 0.3) is 0 Å².